The molecular formula is C14H21ClFNO. The van der Waals surface area contributed by atoms with E-state index < -0.39 is 5.82 Å². The molecule has 0 spiro atoms. The molecule has 1 aromatic carbocycles. The molecule has 1 aromatic rings. The molecule has 0 saturated carbocycles. The largest absolute Gasteiger partial charge is 0.486 e. The third kappa shape index (κ3) is 4.83. The number of ether oxygens (including phenoxy) is 1. The van der Waals surface area contributed by atoms with Gasteiger partial charge in [-0.2, -0.15) is 0 Å². The minimum absolute atomic E-state index is 0.0898. The molecule has 0 aliphatic heterocycles. The first-order valence-corrected chi connectivity index (χ1v) is 6.76. The van der Waals surface area contributed by atoms with Crippen LogP contribution in [-0.4, -0.2) is 18.7 Å². The smallest absolute Gasteiger partial charge is 0.183 e. The first-order valence-electron chi connectivity index (χ1n) is 6.38. The van der Waals surface area contributed by atoms with E-state index in [9.17, 15) is 4.39 Å². The van der Waals surface area contributed by atoms with Crippen LogP contribution in [0, 0.1) is 5.82 Å². The Morgan fingerprint density at radius 2 is 2.11 bits per heavy atom. The molecule has 0 heterocycles. The van der Waals surface area contributed by atoms with E-state index in [1.165, 1.54) is 6.07 Å². The van der Waals surface area contributed by atoms with E-state index in [-0.39, 0.29) is 16.9 Å². The zero-order valence-electron chi connectivity index (χ0n) is 11.2. The Hall–Kier alpha value is -0.800. The standard InChI is InChI=1S/C14H21ClFNO/c1-4-6-10(2)17-9-11(3)18-13-8-5-7-12(15)14(13)16/h5,7-8,10-11,17H,4,6,9H2,1-3H3. The topological polar surface area (TPSA) is 21.3 Å². The first kappa shape index (κ1) is 15.3. The lowest BCUT2D eigenvalue weighted by atomic mass is 10.2. The van der Waals surface area contributed by atoms with E-state index in [4.69, 9.17) is 16.3 Å². The normalized spacial score (nSPS) is 14.3. The van der Waals surface area contributed by atoms with Crippen molar-refractivity contribution in [3.63, 3.8) is 0 Å². The number of hydrogen-bond donors (Lipinski definition) is 1. The number of benzene rings is 1. The predicted octanol–water partition coefficient (Wildman–Crippen LogP) is 4.02. The summed E-state index contributed by atoms with van der Waals surface area (Å²) in [5.74, 6) is -0.285. The van der Waals surface area contributed by atoms with Crippen LogP contribution in [0.3, 0.4) is 0 Å². The zero-order chi connectivity index (χ0) is 13.5. The van der Waals surface area contributed by atoms with Gasteiger partial charge < -0.3 is 10.1 Å². The van der Waals surface area contributed by atoms with Crippen LogP contribution in [-0.2, 0) is 0 Å². The van der Waals surface area contributed by atoms with Crippen molar-refractivity contribution in [1.82, 2.24) is 5.32 Å². The Kier molecular flexibility index (Phi) is 6.44. The van der Waals surface area contributed by atoms with Gasteiger partial charge in [-0.1, -0.05) is 31.0 Å². The Morgan fingerprint density at radius 3 is 2.78 bits per heavy atom. The molecule has 4 heteroatoms. The molecule has 2 atom stereocenters. The average Bonchev–Trinajstić information content (AvgIpc) is 2.33. The number of nitrogens with one attached hydrogen (secondary N) is 1. The Labute approximate surface area is 113 Å². The third-order valence-electron chi connectivity index (χ3n) is 2.72. The fourth-order valence-corrected chi connectivity index (χ4v) is 1.90. The van der Waals surface area contributed by atoms with Gasteiger partial charge in [0, 0.05) is 12.6 Å². The summed E-state index contributed by atoms with van der Waals surface area (Å²) in [7, 11) is 0. The van der Waals surface area contributed by atoms with Crippen molar-refractivity contribution < 1.29 is 9.13 Å². The van der Waals surface area contributed by atoms with E-state index >= 15 is 0 Å². The predicted molar refractivity (Wildman–Crippen MR) is 73.9 cm³/mol. The fraction of sp³-hybridized carbons (Fsp3) is 0.571. The summed E-state index contributed by atoms with van der Waals surface area (Å²) in [6.45, 7) is 6.88. The molecule has 0 aromatic heterocycles. The van der Waals surface area contributed by atoms with Gasteiger partial charge in [-0.3, -0.25) is 0 Å². The van der Waals surface area contributed by atoms with Crippen molar-refractivity contribution in [1.29, 1.82) is 0 Å². The maximum Gasteiger partial charge on any atom is 0.183 e. The first-order chi connectivity index (χ1) is 8.54. The van der Waals surface area contributed by atoms with Crippen molar-refractivity contribution in [2.24, 2.45) is 0 Å². The highest BCUT2D eigenvalue weighted by molar-refractivity contribution is 6.30. The van der Waals surface area contributed by atoms with Crippen molar-refractivity contribution in [2.45, 2.75) is 45.8 Å². The summed E-state index contributed by atoms with van der Waals surface area (Å²) in [6, 6.07) is 5.23. The molecule has 18 heavy (non-hydrogen) atoms. The van der Waals surface area contributed by atoms with E-state index in [0.29, 0.717) is 12.6 Å². The molecule has 0 saturated heterocycles. The highest BCUT2D eigenvalue weighted by Gasteiger charge is 2.11. The van der Waals surface area contributed by atoms with E-state index in [1.54, 1.807) is 12.1 Å². The number of halogens is 2. The van der Waals surface area contributed by atoms with Crippen molar-refractivity contribution in [2.75, 3.05) is 6.54 Å². The molecule has 1 N–H and O–H groups in total. The summed E-state index contributed by atoms with van der Waals surface area (Å²) < 4.78 is 19.1. The van der Waals surface area contributed by atoms with Gasteiger partial charge in [-0.15, -0.1) is 0 Å². The molecule has 102 valence electrons. The van der Waals surface area contributed by atoms with Crippen LogP contribution in [0.25, 0.3) is 0 Å². The monoisotopic (exact) mass is 273 g/mol. The summed E-state index contributed by atoms with van der Waals surface area (Å²) in [6.07, 6.45) is 2.17. The van der Waals surface area contributed by atoms with E-state index in [1.807, 2.05) is 6.92 Å². The quantitative estimate of drug-likeness (QED) is 0.810. The molecule has 0 aliphatic rings. The molecule has 0 amide bonds. The lowest BCUT2D eigenvalue weighted by Gasteiger charge is -2.19. The van der Waals surface area contributed by atoms with Gasteiger partial charge in [0.1, 0.15) is 6.10 Å². The highest BCUT2D eigenvalue weighted by Crippen LogP contribution is 2.24. The zero-order valence-corrected chi connectivity index (χ0v) is 11.9. The van der Waals surface area contributed by atoms with Crippen LogP contribution >= 0.6 is 11.6 Å². The Morgan fingerprint density at radius 1 is 1.39 bits per heavy atom. The van der Waals surface area contributed by atoms with Gasteiger partial charge in [0.25, 0.3) is 0 Å². The van der Waals surface area contributed by atoms with Crippen molar-refractivity contribution in [3.05, 3.63) is 29.0 Å². The van der Waals surface area contributed by atoms with Crippen LogP contribution in [0.1, 0.15) is 33.6 Å². The second kappa shape index (κ2) is 7.59. The van der Waals surface area contributed by atoms with E-state index in [0.717, 1.165) is 12.8 Å². The molecule has 0 bridgehead atoms. The summed E-state index contributed by atoms with van der Waals surface area (Å²) >= 11 is 5.70. The number of hydrogen-bond acceptors (Lipinski definition) is 2. The van der Waals surface area contributed by atoms with Crippen molar-refractivity contribution in [3.8, 4) is 5.75 Å². The van der Waals surface area contributed by atoms with Gasteiger partial charge in [0.2, 0.25) is 0 Å². The van der Waals surface area contributed by atoms with E-state index in [2.05, 4.69) is 19.2 Å². The molecule has 1 rings (SSSR count). The van der Waals surface area contributed by atoms with Crippen LogP contribution in [0.4, 0.5) is 4.39 Å². The van der Waals surface area contributed by atoms with Crippen molar-refractivity contribution >= 4 is 11.6 Å². The van der Waals surface area contributed by atoms with Crippen LogP contribution in [0.5, 0.6) is 5.75 Å². The Bertz CT molecular complexity index is 373. The fourth-order valence-electron chi connectivity index (χ4n) is 1.74. The molecule has 0 radical (unpaired) electrons. The van der Waals surface area contributed by atoms with Crippen LogP contribution < -0.4 is 10.1 Å². The SMILES string of the molecule is CCCC(C)NCC(C)Oc1cccc(Cl)c1F. The van der Waals surface area contributed by atoms with Gasteiger partial charge >= 0.3 is 0 Å². The maximum atomic E-state index is 13.6. The number of rotatable bonds is 7. The van der Waals surface area contributed by atoms with Gasteiger partial charge in [0.05, 0.1) is 5.02 Å². The summed E-state index contributed by atoms with van der Waals surface area (Å²) in [5.41, 5.74) is 0. The summed E-state index contributed by atoms with van der Waals surface area (Å²) in [4.78, 5) is 0. The maximum absolute atomic E-state index is 13.6. The second-order valence-electron chi connectivity index (χ2n) is 4.58. The minimum atomic E-state index is -0.493. The molecule has 2 nitrogen and oxygen atoms in total. The lowest BCUT2D eigenvalue weighted by molar-refractivity contribution is 0.202. The van der Waals surface area contributed by atoms with Crippen LogP contribution in [0.2, 0.25) is 5.02 Å². The second-order valence-corrected chi connectivity index (χ2v) is 4.99. The van der Waals surface area contributed by atoms with Gasteiger partial charge in [0.15, 0.2) is 11.6 Å². The Balaban J connectivity index is 2.44. The molecule has 0 aliphatic carbocycles. The molecule has 0 fully saturated rings. The molecular weight excluding hydrogens is 253 g/mol. The van der Waals surface area contributed by atoms with Crippen LogP contribution in [0.15, 0.2) is 18.2 Å². The lowest BCUT2D eigenvalue weighted by Crippen LogP contribution is -2.35. The molecule has 2 unspecified atom stereocenters. The van der Waals surface area contributed by atoms with Gasteiger partial charge in [-0.05, 0) is 32.4 Å². The average molecular weight is 274 g/mol. The summed E-state index contributed by atoms with van der Waals surface area (Å²) in [5, 5.41) is 3.45. The highest BCUT2D eigenvalue weighted by atomic mass is 35.5. The minimum Gasteiger partial charge on any atom is -0.486 e. The third-order valence-corrected chi connectivity index (χ3v) is 3.01. The van der Waals surface area contributed by atoms with Gasteiger partial charge in [-0.25, -0.2) is 4.39 Å².